The number of pyridine rings is 1. The number of hydrogen-bond acceptors (Lipinski definition) is 3. The summed E-state index contributed by atoms with van der Waals surface area (Å²) in [5.74, 6) is 0.748. The fourth-order valence-corrected chi connectivity index (χ4v) is 1.75. The van der Waals surface area contributed by atoms with E-state index in [9.17, 15) is 0 Å². The molecule has 19 heavy (non-hydrogen) atoms. The van der Waals surface area contributed by atoms with E-state index in [1.54, 1.807) is 0 Å². The number of hydrogen-bond donors (Lipinski definition) is 1. The van der Waals surface area contributed by atoms with Gasteiger partial charge in [-0.2, -0.15) is 0 Å². The molecule has 3 nitrogen and oxygen atoms in total. The Morgan fingerprint density at radius 1 is 1.26 bits per heavy atom. The molecule has 0 atom stereocenters. The third kappa shape index (κ3) is 7.16. The Hall–Kier alpha value is -1.09. The maximum absolute atomic E-state index is 5.77. The van der Waals surface area contributed by atoms with Crippen LogP contribution in [0, 0.1) is 12.3 Å². The van der Waals surface area contributed by atoms with E-state index in [1.807, 2.05) is 13.0 Å². The number of aromatic nitrogens is 1. The van der Waals surface area contributed by atoms with Gasteiger partial charge in [0.15, 0.2) is 0 Å². The molecule has 1 heterocycles. The van der Waals surface area contributed by atoms with Gasteiger partial charge in [-0.3, -0.25) is 0 Å². The summed E-state index contributed by atoms with van der Waals surface area (Å²) in [5, 5.41) is 3.40. The molecule has 1 N–H and O–H groups in total. The van der Waals surface area contributed by atoms with E-state index in [-0.39, 0.29) is 0 Å². The molecule has 0 saturated heterocycles. The van der Waals surface area contributed by atoms with Crippen LogP contribution in [0.1, 0.15) is 51.8 Å². The quantitative estimate of drug-likeness (QED) is 0.762. The number of rotatable bonds is 7. The maximum Gasteiger partial charge on any atom is 0.213 e. The maximum atomic E-state index is 5.77. The minimum absolute atomic E-state index is 0.301. The highest BCUT2D eigenvalue weighted by Crippen LogP contribution is 2.19. The third-order valence-corrected chi connectivity index (χ3v) is 2.85. The van der Waals surface area contributed by atoms with E-state index in [4.69, 9.17) is 4.74 Å². The topological polar surface area (TPSA) is 34.2 Å². The van der Waals surface area contributed by atoms with Crippen LogP contribution in [0.3, 0.4) is 0 Å². The summed E-state index contributed by atoms with van der Waals surface area (Å²) < 4.78 is 5.77. The van der Waals surface area contributed by atoms with E-state index in [0.717, 1.165) is 44.1 Å². The molecule has 0 aliphatic rings. The fourth-order valence-electron chi connectivity index (χ4n) is 1.75. The van der Waals surface area contributed by atoms with Crippen molar-refractivity contribution in [3.05, 3.63) is 23.4 Å². The third-order valence-electron chi connectivity index (χ3n) is 2.85. The van der Waals surface area contributed by atoms with E-state index in [1.165, 1.54) is 5.56 Å². The Balaban J connectivity index is 2.53. The molecule has 1 aromatic heterocycles. The molecule has 0 fully saturated rings. The Labute approximate surface area is 117 Å². The van der Waals surface area contributed by atoms with Gasteiger partial charge in [-0.1, -0.05) is 27.7 Å². The van der Waals surface area contributed by atoms with Crippen molar-refractivity contribution in [2.24, 2.45) is 5.41 Å². The van der Waals surface area contributed by atoms with Gasteiger partial charge in [-0.05, 0) is 43.4 Å². The molecule has 0 aromatic carbocycles. The Morgan fingerprint density at radius 2 is 2.00 bits per heavy atom. The number of aryl methyl sites for hydroxylation is 1. The summed E-state index contributed by atoms with van der Waals surface area (Å²) in [6, 6.07) is 4.15. The minimum Gasteiger partial charge on any atom is -0.478 e. The number of ether oxygens (including phenoxy) is 1. The van der Waals surface area contributed by atoms with Crippen molar-refractivity contribution in [3.63, 3.8) is 0 Å². The largest absolute Gasteiger partial charge is 0.478 e. The molecule has 1 rings (SSSR count). The first-order valence-corrected chi connectivity index (χ1v) is 7.22. The average molecular weight is 264 g/mol. The first-order chi connectivity index (χ1) is 8.90. The van der Waals surface area contributed by atoms with Crippen LogP contribution in [0.5, 0.6) is 5.88 Å². The van der Waals surface area contributed by atoms with E-state index >= 15 is 0 Å². The molecule has 0 radical (unpaired) electrons. The van der Waals surface area contributed by atoms with Gasteiger partial charge in [0.1, 0.15) is 0 Å². The van der Waals surface area contributed by atoms with Crippen molar-refractivity contribution < 1.29 is 4.74 Å². The smallest absolute Gasteiger partial charge is 0.213 e. The van der Waals surface area contributed by atoms with Gasteiger partial charge in [0.25, 0.3) is 0 Å². The second kappa shape index (κ2) is 7.49. The summed E-state index contributed by atoms with van der Waals surface area (Å²) >= 11 is 0. The van der Waals surface area contributed by atoms with Gasteiger partial charge in [0.2, 0.25) is 5.88 Å². The Kier molecular flexibility index (Phi) is 6.29. The molecule has 0 saturated carbocycles. The lowest BCUT2D eigenvalue weighted by atomic mass is 9.93. The summed E-state index contributed by atoms with van der Waals surface area (Å²) in [7, 11) is 0. The lowest BCUT2D eigenvalue weighted by molar-refractivity contribution is 0.236. The lowest BCUT2D eigenvalue weighted by Crippen LogP contribution is -2.15. The van der Waals surface area contributed by atoms with Crippen LogP contribution in [0.25, 0.3) is 0 Å². The zero-order valence-electron chi connectivity index (χ0n) is 13.0. The highest BCUT2D eigenvalue weighted by molar-refractivity contribution is 5.24. The lowest BCUT2D eigenvalue weighted by Gasteiger charge is -2.18. The van der Waals surface area contributed by atoms with Crippen LogP contribution in [0.2, 0.25) is 0 Å². The fraction of sp³-hybridized carbons (Fsp3) is 0.688. The molecule has 3 heteroatoms. The zero-order valence-corrected chi connectivity index (χ0v) is 13.0. The molecule has 0 amide bonds. The molecule has 0 bridgehead atoms. The van der Waals surface area contributed by atoms with Crippen molar-refractivity contribution in [2.75, 3.05) is 13.2 Å². The monoisotopic (exact) mass is 264 g/mol. The second-order valence-electron chi connectivity index (χ2n) is 6.29. The number of nitrogens with zero attached hydrogens (tertiary/aromatic N) is 1. The first kappa shape index (κ1) is 16.0. The van der Waals surface area contributed by atoms with Gasteiger partial charge >= 0.3 is 0 Å². The molecule has 1 aromatic rings. The highest BCUT2D eigenvalue weighted by Gasteiger charge is 2.10. The zero-order chi connectivity index (χ0) is 14.3. The van der Waals surface area contributed by atoms with Gasteiger partial charge in [0.05, 0.1) is 6.61 Å². The molecule has 0 spiro atoms. The van der Waals surface area contributed by atoms with Crippen LogP contribution in [-0.4, -0.2) is 18.1 Å². The van der Waals surface area contributed by atoms with Crippen molar-refractivity contribution in [1.82, 2.24) is 10.3 Å². The Morgan fingerprint density at radius 3 is 2.63 bits per heavy atom. The van der Waals surface area contributed by atoms with Gasteiger partial charge < -0.3 is 10.1 Å². The van der Waals surface area contributed by atoms with Crippen LogP contribution >= 0.6 is 0 Å². The summed E-state index contributed by atoms with van der Waals surface area (Å²) in [6.45, 7) is 13.5. The van der Waals surface area contributed by atoms with Gasteiger partial charge in [-0.25, -0.2) is 4.98 Å². The van der Waals surface area contributed by atoms with E-state index in [0.29, 0.717) is 5.41 Å². The molecule has 0 unspecified atom stereocenters. The van der Waals surface area contributed by atoms with Gasteiger partial charge in [0, 0.05) is 18.3 Å². The normalized spacial score (nSPS) is 11.6. The second-order valence-corrected chi connectivity index (χ2v) is 6.29. The van der Waals surface area contributed by atoms with Gasteiger partial charge in [-0.15, -0.1) is 0 Å². The van der Waals surface area contributed by atoms with Crippen LogP contribution in [0.4, 0.5) is 0 Å². The van der Waals surface area contributed by atoms with E-state index < -0.39 is 0 Å². The first-order valence-electron chi connectivity index (χ1n) is 7.22. The average Bonchev–Trinajstić information content (AvgIpc) is 2.27. The summed E-state index contributed by atoms with van der Waals surface area (Å²) in [4.78, 5) is 4.43. The van der Waals surface area contributed by atoms with Crippen molar-refractivity contribution in [3.8, 4) is 5.88 Å². The Bertz CT molecular complexity index is 383. The SMILES string of the molecule is CCCNCc1cc(C)nc(OCCC(C)(C)C)c1. The van der Waals surface area contributed by atoms with Crippen molar-refractivity contribution >= 4 is 0 Å². The standard InChI is InChI=1S/C16H28N2O/c1-6-8-17-12-14-10-13(2)18-15(11-14)19-9-7-16(3,4)5/h10-11,17H,6-9,12H2,1-5H3. The number of nitrogens with one attached hydrogen (secondary N) is 1. The van der Waals surface area contributed by atoms with Crippen LogP contribution in [0.15, 0.2) is 12.1 Å². The summed E-state index contributed by atoms with van der Waals surface area (Å²) in [6.07, 6.45) is 2.19. The molecular weight excluding hydrogens is 236 g/mol. The van der Waals surface area contributed by atoms with E-state index in [2.05, 4.69) is 44.1 Å². The molecular formula is C16H28N2O. The van der Waals surface area contributed by atoms with Crippen molar-refractivity contribution in [1.29, 1.82) is 0 Å². The predicted octanol–water partition coefficient (Wildman–Crippen LogP) is 3.70. The predicted molar refractivity (Wildman–Crippen MR) is 80.5 cm³/mol. The van der Waals surface area contributed by atoms with Crippen molar-refractivity contribution in [2.45, 2.75) is 54.0 Å². The minimum atomic E-state index is 0.301. The molecule has 108 valence electrons. The highest BCUT2D eigenvalue weighted by atomic mass is 16.5. The molecule has 0 aliphatic heterocycles. The van der Waals surface area contributed by atoms with Crippen LogP contribution in [-0.2, 0) is 6.54 Å². The molecule has 0 aliphatic carbocycles. The van der Waals surface area contributed by atoms with Crippen LogP contribution < -0.4 is 10.1 Å². The summed E-state index contributed by atoms with van der Waals surface area (Å²) in [5.41, 5.74) is 2.56.